The van der Waals surface area contributed by atoms with E-state index in [0.717, 1.165) is 51.9 Å². The van der Waals surface area contributed by atoms with Crippen LogP contribution in [0.5, 0.6) is 34.9 Å². The van der Waals surface area contributed by atoms with Gasteiger partial charge in [-0.3, -0.25) is 38.6 Å². The molecular weight excluding hydrogens is 1650 g/mol. The van der Waals surface area contributed by atoms with Gasteiger partial charge in [-0.05, 0) is 208 Å². The molecule has 3 fully saturated rings. The summed E-state index contributed by atoms with van der Waals surface area (Å²) in [6, 6.07) is 40.4. The number of benzene rings is 5. The number of pyridine rings is 1. The van der Waals surface area contributed by atoms with Gasteiger partial charge < -0.3 is 53.1 Å². The van der Waals surface area contributed by atoms with Crippen LogP contribution in [0.3, 0.4) is 0 Å². The summed E-state index contributed by atoms with van der Waals surface area (Å²) in [5, 5.41) is 0. The molecule has 606 valence electrons. The van der Waals surface area contributed by atoms with E-state index in [1.54, 1.807) is 151 Å². The summed E-state index contributed by atoms with van der Waals surface area (Å²) in [7, 11) is 0. The number of esters is 1. The predicted octanol–water partition coefficient (Wildman–Crippen LogP) is 17.2. The van der Waals surface area contributed by atoms with Crippen molar-refractivity contribution >= 4 is 102 Å². The number of para-hydroxylation sites is 4. The van der Waals surface area contributed by atoms with Crippen LogP contribution in [0.1, 0.15) is 175 Å². The molecule has 3 aliphatic heterocycles. The number of alkyl halides is 1. The number of H-pyrrole nitrogens is 2. The molecule has 6 aromatic heterocycles. The molecule has 14 rings (SSSR count). The van der Waals surface area contributed by atoms with E-state index in [1.807, 2.05) is 96.1 Å². The van der Waals surface area contributed by atoms with E-state index in [9.17, 15) is 33.6 Å². The van der Waals surface area contributed by atoms with E-state index in [2.05, 4.69) is 128 Å². The Kier molecular flexibility index (Phi) is 32.3. The summed E-state index contributed by atoms with van der Waals surface area (Å²) in [4.78, 5) is 130. The average Bonchev–Trinajstić information content (AvgIpc) is 1.40. The molecule has 3 amide bonds. The third kappa shape index (κ3) is 26.1. The zero-order valence-electron chi connectivity index (χ0n) is 66.2. The van der Waals surface area contributed by atoms with Crippen molar-refractivity contribution in [1.82, 2.24) is 74.0 Å². The number of halogens is 2. The zero-order chi connectivity index (χ0) is 82.4. The Morgan fingerprint density at radius 3 is 1.28 bits per heavy atom. The molecule has 3 aliphatic rings. The Hall–Kier alpha value is -11.4. The number of carbonyl (C=O) groups excluding carboxylic acids is 7. The van der Waals surface area contributed by atoms with E-state index < -0.39 is 5.60 Å². The van der Waals surface area contributed by atoms with E-state index >= 15 is 0 Å². The maximum Gasteiger partial charge on any atom is 0.410 e. The zero-order valence-corrected chi connectivity index (χ0v) is 70.0. The van der Waals surface area contributed by atoms with Gasteiger partial charge in [0.2, 0.25) is 41.0 Å². The number of fused-ring (bicyclic) bond motifs is 2. The Morgan fingerprint density at radius 2 is 0.922 bits per heavy atom. The van der Waals surface area contributed by atoms with Crippen molar-refractivity contribution in [1.29, 1.82) is 0 Å². The third-order valence-corrected chi connectivity index (χ3v) is 18.6. The summed E-state index contributed by atoms with van der Waals surface area (Å²) in [5.41, 5.74) is 5.10. The standard InChI is InChI=1S/C26H25N5O4.C23H19N5O3.C14H12BrNO3.C8H14INO2.C8H19N.C5H6N2O.CH4/c1-26(2,3)35-25(33)31-14-17(15-31)21-24(28-13-12-27-21)34-18-10-8-16(9-11-18)22(32)23-29-19-6-4-5-7-20(19)30-23;1-14(29)28-12-16(13-28)20-23(25-11-10-24-20)31-17-8-6-15(7-9-17)21(30)22-26-18-4-2-3-5-19(18)27-22;1-2-18-14(17)10-5-7-11(8-6-10)19-13-12(15)4-3-9-16-13;1-8(2,3)12-7(11)10-4-6(9)5-10;1-6-9(7(2)3)8(4)5;1-5(8)7-3-2-6-4-7;/h4-13,17H,14-15H2,1-3H3,(H,29,30);2-11,16H,12-13H2,1H3,(H,26,27);3-9H,2H2,1H3;6H,4-5H2,1-3H3;7-8H,6H2,1-5H3;2-4H,1H3;1H4. The van der Waals surface area contributed by atoms with Crippen LogP contribution in [0.2, 0.25) is 0 Å². The Bertz CT molecular complexity index is 4960. The number of aromatic nitrogens is 11. The second-order valence-electron chi connectivity index (χ2n) is 28.9. The lowest BCUT2D eigenvalue weighted by molar-refractivity contribution is -0.133. The van der Waals surface area contributed by atoms with Crippen LogP contribution in [0.4, 0.5) is 9.59 Å². The number of rotatable bonds is 17. The number of aromatic amines is 2. The Morgan fingerprint density at radius 1 is 0.513 bits per heavy atom. The van der Waals surface area contributed by atoms with Crippen molar-refractivity contribution in [3.8, 4) is 34.9 Å². The van der Waals surface area contributed by atoms with Crippen LogP contribution in [-0.4, -0.2) is 195 Å². The number of hydrogen-bond acceptors (Lipinski definition) is 22. The van der Waals surface area contributed by atoms with Gasteiger partial charge in [0.05, 0.1) is 38.7 Å². The van der Waals surface area contributed by atoms with Crippen LogP contribution >= 0.6 is 38.5 Å². The van der Waals surface area contributed by atoms with Gasteiger partial charge in [-0.25, -0.2) is 44.3 Å². The molecule has 0 bridgehead atoms. The Labute approximate surface area is 691 Å². The number of amides is 3. The first kappa shape index (κ1) is 89.2. The fraction of sp³-hybridized carbons (Fsp3) is 0.353. The van der Waals surface area contributed by atoms with Crippen LogP contribution < -0.4 is 14.2 Å². The summed E-state index contributed by atoms with van der Waals surface area (Å²) in [6.45, 7) is 32.5. The SMILES string of the molecule is C.CC(=O)N1CC(c2nccnc2Oc2ccc(C(=O)c3nc4ccccc4[nH]3)cc2)C1.CC(=O)n1ccnc1.CC(C)(C)OC(=O)N1CC(I)C1.CC(C)(C)OC(=O)N1CC(c2nccnc2Oc2ccc(C(=O)c3nc4ccccc4[nH]3)cc2)C1.CCN(C(C)C)C(C)C.CCOC(=O)c1ccc(Oc2ncccc2Br)cc1. The van der Waals surface area contributed by atoms with Crippen molar-refractivity contribution < 1.29 is 62.0 Å². The van der Waals surface area contributed by atoms with Gasteiger partial charge >= 0.3 is 18.2 Å². The number of imidazole rings is 3. The van der Waals surface area contributed by atoms with Crippen LogP contribution in [0.25, 0.3) is 22.1 Å². The molecule has 0 atom stereocenters. The van der Waals surface area contributed by atoms with Gasteiger partial charge in [-0.1, -0.05) is 61.2 Å². The summed E-state index contributed by atoms with van der Waals surface area (Å²) < 4.78 is 35.8. The maximum absolute atomic E-state index is 12.8. The second-order valence-corrected chi connectivity index (χ2v) is 31.6. The van der Waals surface area contributed by atoms with Crippen LogP contribution in [0.15, 0.2) is 188 Å². The molecule has 0 radical (unpaired) electrons. The largest absolute Gasteiger partial charge is 0.462 e. The number of nitrogens with zero attached hydrogens (tertiary/aromatic N) is 13. The quantitative estimate of drug-likeness (QED) is 0.0281. The molecule has 30 heteroatoms. The number of likely N-dealkylation sites (tertiary alicyclic amines) is 3. The van der Waals surface area contributed by atoms with Gasteiger partial charge in [0, 0.05) is 135 Å². The normalized spacial score (nSPS) is 13.2. The minimum absolute atomic E-state index is 0. The maximum atomic E-state index is 12.8. The molecule has 28 nitrogen and oxygen atoms in total. The highest BCUT2D eigenvalue weighted by molar-refractivity contribution is 14.1. The van der Waals surface area contributed by atoms with Gasteiger partial charge in [0.15, 0.2) is 11.6 Å². The second kappa shape index (κ2) is 41.6. The van der Waals surface area contributed by atoms with E-state index in [-0.39, 0.29) is 72.2 Å². The van der Waals surface area contributed by atoms with Gasteiger partial charge in [0.1, 0.15) is 46.2 Å². The molecule has 2 N–H and O–H groups in total. The average molecular weight is 1750 g/mol. The highest BCUT2D eigenvalue weighted by Gasteiger charge is 2.38. The van der Waals surface area contributed by atoms with Crippen molar-refractivity contribution in [3.05, 3.63) is 227 Å². The van der Waals surface area contributed by atoms with E-state index in [0.29, 0.717) is 112 Å². The monoisotopic (exact) mass is 1740 g/mol. The molecule has 0 saturated carbocycles. The van der Waals surface area contributed by atoms with Crippen molar-refractivity contribution in [2.75, 3.05) is 52.4 Å². The lowest BCUT2D eigenvalue weighted by Gasteiger charge is -2.39. The molecule has 3 saturated heterocycles. The third-order valence-electron chi connectivity index (χ3n) is 17.2. The molecule has 11 aromatic rings. The summed E-state index contributed by atoms with van der Waals surface area (Å²) in [5.74, 6) is 2.92. The molecular formula is C85H99BrIN15O13. The highest BCUT2D eigenvalue weighted by Crippen LogP contribution is 2.36. The van der Waals surface area contributed by atoms with E-state index in [1.165, 1.54) is 17.8 Å². The number of hydrogen-bond donors (Lipinski definition) is 2. The van der Waals surface area contributed by atoms with Crippen LogP contribution in [-0.2, 0) is 19.0 Å². The fourth-order valence-corrected chi connectivity index (χ4v) is 12.8. The van der Waals surface area contributed by atoms with Crippen LogP contribution in [0, 0.1) is 0 Å². The predicted molar refractivity (Wildman–Crippen MR) is 450 cm³/mol. The Balaban J connectivity index is 0.000000187. The number of carbonyl (C=O) groups is 7. The fourth-order valence-electron chi connectivity index (χ4n) is 11.5. The van der Waals surface area contributed by atoms with E-state index in [4.69, 9.17) is 28.4 Å². The molecule has 9 heterocycles. The molecule has 0 unspecified atom stereocenters. The smallest absolute Gasteiger partial charge is 0.410 e. The number of nitrogens with one attached hydrogen (secondary N) is 2. The van der Waals surface area contributed by atoms with Crippen molar-refractivity contribution in [3.63, 3.8) is 0 Å². The first-order valence-corrected chi connectivity index (χ1v) is 39.2. The van der Waals surface area contributed by atoms with Gasteiger partial charge in [-0.2, -0.15) is 0 Å². The summed E-state index contributed by atoms with van der Waals surface area (Å²) >= 11 is 5.68. The highest BCUT2D eigenvalue weighted by atomic mass is 127. The van der Waals surface area contributed by atoms with Gasteiger partial charge in [0.25, 0.3) is 0 Å². The molecule has 115 heavy (non-hydrogen) atoms. The topological polar surface area (TPSA) is 327 Å². The number of ketones is 2. The summed E-state index contributed by atoms with van der Waals surface area (Å²) in [6.07, 6.45) is 12.1. The minimum Gasteiger partial charge on any atom is -0.462 e. The first-order chi connectivity index (χ1) is 54.3. The molecule has 0 aliphatic carbocycles. The van der Waals surface area contributed by atoms with Gasteiger partial charge in [-0.15, -0.1) is 0 Å². The first-order valence-electron chi connectivity index (χ1n) is 37.2. The lowest BCUT2D eigenvalue weighted by Crippen LogP contribution is -2.52. The molecule has 5 aromatic carbocycles. The minimum atomic E-state index is -0.541. The lowest BCUT2D eigenvalue weighted by atomic mass is 9.96. The number of ether oxygens (including phenoxy) is 6. The molecule has 0 spiro atoms. The van der Waals surface area contributed by atoms with Crippen molar-refractivity contribution in [2.24, 2.45) is 0 Å². The van der Waals surface area contributed by atoms with Crippen molar-refractivity contribution in [2.45, 2.75) is 143 Å².